The Bertz CT molecular complexity index is 307. The average molecular weight is 256 g/mol. The van der Waals surface area contributed by atoms with E-state index in [1.54, 1.807) is 0 Å². The summed E-state index contributed by atoms with van der Waals surface area (Å²) in [6, 6.07) is 6.61. The largest absolute Gasteiger partial charge is 0.309 e. The summed E-state index contributed by atoms with van der Waals surface area (Å²) in [7, 11) is 4.22. The number of hydrogen-bond acceptors (Lipinski definition) is 1. The SMILES string of the molecule is Cc1ccc(C(C)CN(C)C)cc1Br. The van der Waals surface area contributed by atoms with Gasteiger partial charge in [0, 0.05) is 11.0 Å². The predicted molar refractivity (Wildman–Crippen MR) is 65.8 cm³/mol. The van der Waals surface area contributed by atoms with E-state index < -0.39 is 0 Å². The van der Waals surface area contributed by atoms with Crippen LogP contribution in [0.1, 0.15) is 24.0 Å². The lowest BCUT2D eigenvalue weighted by molar-refractivity contribution is 0.383. The standard InChI is InChI=1S/C12H18BrN/c1-9-5-6-11(7-12(9)13)10(2)8-14(3)4/h5-7,10H,8H2,1-4H3. The minimum atomic E-state index is 0.585. The third kappa shape index (κ3) is 3.10. The van der Waals surface area contributed by atoms with Crippen molar-refractivity contribution in [1.29, 1.82) is 0 Å². The minimum Gasteiger partial charge on any atom is -0.309 e. The first-order valence-electron chi connectivity index (χ1n) is 4.91. The molecule has 78 valence electrons. The van der Waals surface area contributed by atoms with Crippen molar-refractivity contribution in [3.63, 3.8) is 0 Å². The summed E-state index contributed by atoms with van der Waals surface area (Å²) in [5, 5.41) is 0. The predicted octanol–water partition coefficient (Wildman–Crippen LogP) is 3.42. The Labute approximate surface area is 95.2 Å². The third-order valence-corrected chi connectivity index (χ3v) is 3.26. The number of aryl methyl sites for hydroxylation is 1. The Kier molecular flexibility index (Phi) is 4.14. The van der Waals surface area contributed by atoms with Crippen LogP contribution >= 0.6 is 15.9 Å². The molecule has 1 atom stereocenters. The second-order valence-corrected chi connectivity index (χ2v) is 5.03. The van der Waals surface area contributed by atoms with Crippen LogP contribution in [-0.2, 0) is 0 Å². The molecule has 1 aromatic rings. The average Bonchev–Trinajstić information content (AvgIpc) is 2.08. The zero-order valence-electron chi connectivity index (χ0n) is 9.34. The van der Waals surface area contributed by atoms with Gasteiger partial charge in [-0.1, -0.05) is 35.0 Å². The van der Waals surface area contributed by atoms with Crippen LogP contribution < -0.4 is 0 Å². The summed E-state index contributed by atoms with van der Waals surface area (Å²) in [6.45, 7) is 5.47. The van der Waals surface area contributed by atoms with E-state index in [1.807, 2.05) is 0 Å². The molecule has 0 saturated carbocycles. The molecule has 0 radical (unpaired) electrons. The van der Waals surface area contributed by atoms with Crippen LogP contribution in [0, 0.1) is 6.92 Å². The van der Waals surface area contributed by atoms with Crippen molar-refractivity contribution < 1.29 is 0 Å². The van der Waals surface area contributed by atoms with Crippen molar-refractivity contribution in [3.8, 4) is 0 Å². The van der Waals surface area contributed by atoms with Gasteiger partial charge in [-0.05, 0) is 44.1 Å². The van der Waals surface area contributed by atoms with Gasteiger partial charge in [-0.2, -0.15) is 0 Å². The van der Waals surface area contributed by atoms with Gasteiger partial charge in [-0.15, -0.1) is 0 Å². The van der Waals surface area contributed by atoms with Crippen LogP contribution in [0.25, 0.3) is 0 Å². The van der Waals surface area contributed by atoms with E-state index in [-0.39, 0.29) is 0 Å². The Morgan fingerprint density at radius 1 is 1.36 bits per heavy atom. The molecule has 0 heterocycles. The Morgan fingerprint density at radius 2 is 2.00 bits per heavy atom. The first-order valence-corrected chi connectivity index (χ1v) is 5.70. The Morgan fingerprint density at radius 3 is 2.50 bits per heavy atom. The molecule has 0 aliphatic heterocycles. The first kappa shape index (κ1) is 11.7. The summed E-state index contributed by atoms with van der Waals surface area (Å²) in [6.07, 6.45) is 0. The van der Waals surface area contributed by atoms with Gasteiger partial charge < -0.3 is 4.90 Å². The molecule has 0 amide bonds. The van der Waals surface area contributed by atoms with E-state index in [1.165, 1.54) is 15.6 Å². The van der Waals surface area contributed by atoms with Gasteiger partial charge in [-0.3, -0.25) is 0 Å². The lowest BCUT2D eigenvalue weighted by Gasteiger charge is -2.17. The molecule has 0 aromatic heterocycles. The molecule has 0 saturated heterocycles. The van der Waals surface area contributed by atoms with Crippen LogP contribution in [0.4, 0.5) is 0 Å². The summed E-state index contributed by atoms with van der Waals surface area (Å²) >= 11 is 3.57. The number of rotatable bonds is 3. The van der Waals surface area contributed by atoms with Gasteiger partial charge in [0.1, 0.15) is 0 Å². The molecule has 0 N–H and O–H groups in total. The molecule has 0 fully saturated rings. The lowest BCUT2D eigenvalue weighted by atomic mass is 10.00. The fraction of sp³-hybridized carbons (Fsp3) is 0.500. The minimum absolute atomic E-state index is 0.585. The van der Waals surface area contributed by atoms with Crippen molar-refractivity contribution in [2.45, 2.75) is 19.8 Å². The third-order valence-electron chi connectivity index (χ3n) is 2.40. The highest BCUT2D eigenvalue weighted by atomic mass is 79.9. The topological polar surface area (TPSA) is 3.24 Å². The lowest BCUT2D eigenvalue weighted by Crippen LogP contribution is -2.18. The van der Waals surface area contributed by atoms with Gasteiger partial charge in [0.05, 0.1) is 0 Å². The van der Waals surface area contributed by atoms with E-state index in [0.29, 0.717) is 5.92 Å². The molecule has 0 bridgehead atoms. The van der Waals surface area contributed by atoms with Crippen molar-refractivity contribution >= 4 is 15.9 Å². The monoisotopic (exact) mass is 255 g/mol. The molecule has 2 heteroatoms. The summed E-state index contributed by atoms with van der Waals surface area (Å²) < 4.78 is 1.21. The smallest absolute Gasteiger partial charge is 0.0207 e. The maximum absolute atomic E-state index is 3.57. The highest BCUT2D eigenvalue weighted by Gasteiger charge is 2.07. The van der Waals surface area contributed by atoms with Gasteiger partial charge >= 0.3 is 0 Å². The van der Waals surface area contributed by atoms with E-state index in [4.69, 9.17) is 0 Å². The summed E-state index contributed by atoms with van der Waals surface area (Å²) in [5.41, 5.74) is 2.70. The highest BCUT2D eigenvalue weighted by Crippen LogP contribution is 2.23. The molecule has 14 heavy (non-hydrogen) atoms. The first-order chi connectivity index (χ1) is 6.50. The fourth-order valence-corrected chi connectivity index (χ4v) is 1.97. The number of halogens is 1. The Hall–Kier alpha value is -0.340. The fourth-order valence-electron chi connectivity index (χ4n) is 1.57. The van der Waals surface area contributed by atoms with Crippen LogP contribution in [0.15, 0.2) is 22.7 Å². The quantitative estimate of drug-likeness (QED) is 0.800. The van der Waals surface area contributed by atoms with Crippen molar-refractivity contribution in [2.75, 3.05) is 20.6 Å². The number of likely N-dealkylation sites (N-methyl/N-ethyl adjacent to an activating group) is 1. The van der Waals surface area contributed by atoms with E-state index in [2.05, 4.69) is 67.0 Å². The summed E-state index contributed by atoms with van der Waals surface area (Å²) in [5.74, 6) is 0.585. The van der Waals surface area contributed by atoms with Crippen molar-refractivity contribution in [3.05, 3.63) is 33.8 Å². The van der Waals surface area contributed by atoms with Gasteiger partial charge in [-0.25, -0.2) is 0 Å². The van der Waals surface area contributed by atoms with E-state index in [0.717, 1.165) is 6.54 Å². The Balaban J connectivity index is 2.80. The zero-order valence-corrected chi connectivity index (χ0v) is 10.9. The molecule has 1 unspecified atom stereocenters. The molecular weight excluding hydrogens is 238 g/mol. The van der Waals surface area contributed by atoms with Crippen molar-refractivity contribution in [2.24, 2.45) is 0 Å². The zero-order chi connectivity index (χ0) is 10.7. The number of nitrogens with zero attached hydrogens (tertiary/aromatic N) is 1. The maximum Gasteiger partial charge on any atom is 0.0207 e. The number of benzene rings is 1. The van der Waals surface area contributed by atoms with Crippen LogP contribution in [-0.4, -0.2) is 25.5 Å². The van der Waals surface area contributed by atoms with E-state index >= 15 is 0 Å². The molecule has 1 rings (SSSR count). The normalized spacial score (nSPS) is 13.3. The van der Waals surface area contributed by atoms with Crippen LogP contribution in [0.5, 0.6) is 0 Å². The van der Waals surface area contributed by atoms with Crippen LogP contribution in [0.2, 0.25) is 0 Å². The summed E-state index contributed by atoms with van der Waals surface area (Å²) in [4.78, 5) is 2.22. The molecule has 1 aromatic carbocycles. The second-order valence-electron chi connectivity index (χ2n) is 4.17. The van der Waals surface area contributed by atoms with Gasteiger partial charge in [0.2, 0.25) is 0 Å². The molecule has 0 aliphatic carbocycles. The van der Waals surface area contributed by atoms with Crippen molar-refractivity contribution in [1.82, 2.24) is 4.90 Å². The van der Waals surface area contributed by atoms with E-state index in [9.17, 15) is 0 Å². The number of hydrogen-bond donors (Lipinski definition) is 0. The molecule has 0 aliphatic rings. The maximum atomic E-state index is 3.57. The second kappa shape index (κ2) is 4.94. The highest BCUT2D eigenvalue weighted by molar-refractivity contribution is 9.10. The van der Waals surface area contributed by atoms with Gasteiger partial charge in [0.25, 0.3) is 0 Å². The molecule has 1 nitrogen and oxygen atoms in total. The van der Waals surface area contributed by atoms with Gasteiger partial charge in [0.15, 0.2) is 0 Å². The molecule has 0 spiro atoms. The van der Waals surface area contributed by atoms with Crippen LogP contribution in [0.3, 0.4) is 0 Å². The molecular formula is C12H18BrN.